The molecule has 412 valence electrons. The van der Waals surface area contributed by atoms with Crippen molar-refractivity contribution in [2.45, 2.75) is 212 Å². The highest BCUT2D eigenvalue weighted by Gasteiger charge is 2.58. The standard InChI is InChI=1S/C40H68N2O29/c1-9-19(49)23(53)27(57)37(61-9)71-34-25(55)21(51)14(6-44)65-40(34)67-30-10(2)62-38(29(59)26(30)56)70-33-18(42-12(4)48)35(60)63-16(8-46)32(33)69-36-17(41-11(3)47)22(52)31(15(7-45)66-36)68-39-28(58)24(54)20(50)13(5-43)64-39/h9-10,13-40,43-46,49-60H,5-8H2,1-4H3,(H,41,47)(H,42,48)/t9-,10-,13+,14+,15+,16+,17+,18+,19+,20+,21-,22+,23+,24-,25-,26-,27-,28-,29-,30+,31+,32+,33+,34+,35+,36-,37-,38-,39-,40-/m0/s1. The molecule has 0 aromatic rings. The molecule has 6 rings (SSSR count). The third kappa shape index (κ3) is 12.4. The summed E-state index contributed by atoms with van der Waals surface area (Å²) >= 11 is 0. The molecule has 31 heteroatoms. The number of rotatable bonds is 16. The Hall–Kier alpha value is -2.14. The smallest absolute Gasteiger partial charge is 0.217 e. The zero-order chi connectivity index (χ0) is 52.5. The van der Waals surface area contributed by atoms with Crippen molar-refractivity contribution in [1.82, 2.24) is 10.6 Å². The van der Waals surface area contributed by atoms with Crippen LogP contribution in [0, 0.1) is 0 Å². The first-order valence-corrected chi connectivity index (χ1v) is 22.8. The normalized spacial score (nSPS) is 50.8. The van der Waals surface area contributed by atoms with Crippen LogP contribution in [0.5, 0.6) is 0 Å². The first-order chi connectivity index (χ1) is 33.5. The number of carbonyl (C=O) groups is 2. The lowest BCUT2D eigenvalue weighted by molar-refractivity contribution is -0.393. The Morgan fingerprint density at radius 3 is 1.32 bits per heavy atom. The topological polar surface area (TPSA) is 483 Å². The van der Waals surface area contributed by atoms with E-state index in [9.17, 15) is 91.3 Å². The average molecular weight is 1040 g/mol. The first-order valence-electron chi connectivity index (χ1n) is 22.8. The van der Waals surface area contributed by atoms with Gasteiger partial charge in [-0.25, -0.2) is 0 Å². The predicted octanol–water partition coefficient (Wildman–Crippen LogP) is -11.8. The molecule has 0 aliphatic carbocycles. The number of ether oxygens (including phenoxy) is 11. The van der Waals surface area contributed by atoms with Crippen LogP contribution in [0.15, 0.2) is 0 Å². The van der Waals surface area contributed by atoms with E-state index in [1.165, 1.54) is 13.8 Å². The van der Waals surface area contributed by atoms with E-state index in [0.717, 1.165) is 13.8 Å². The SMILES string of the molecule is CC(=O)N[C@@H]1[C@@H](O[C@@H]2O[C@@H](C)[C@@H](O[C@@H]3O[C@H](CO)[C@H](O)[C@H](O)[C@H]3O[C@@H]3O[C@@H](C)[C@@H](O)[C@@H](O)[C@@H]3O)[C@@H](O)[C@@H]2O)[C@H](O[C@@H]2O[C@H](CO)[C@@H](O[C@@H]3O[C@H](CO)[C@@H](O)[C@H](O)[C@@H]3O)[C@H](O)[C@H]2NC(C)=O)[C@@H](CO)O[C@H]1O. The first kappa shape index (κ1) is 58.1. The maximum Gasteiger partial charge on any atom is 0.217 e. The van der Waals surface area contributed by atoms with Crippen LogP contribution < -0.4 is 10.6 Å². The summed E-state index contributed by atoms with van der Waals surface area (Å²) in [5.41, 5.74) is 0. The lowest BCUT2D eigenvalue weighted by Gasteiger charge is -2.51. The minimum Gasteiger partial charge on any atom is -0.394 e. The average Bonchev–Trinajstić information content (AvgIpc) is 3.33. The zero-order valence-corrected chi connectivity index (χ0v) is 38.6. The van der Waals surface area contributed by atoms with Crippen molar-refractivity contribution in [3.63, 3.8) is 0 Å². The Labute approximate surface area is 403 Å². The number of nitrogens with one attached hydrogen (secondary N) is 2. The van der Waals surface area contributed by atoms with Gasteiger partial charge in [0.25, 0.3) is 0 Å². The molecule has 0 saturated carbocycles. The van der Waals surface area contributed by atoms with E-state index in [4.69, 9.17) is 52.1 Å². The molecule has 71 heavy (non-hydrogen) atoms. The molecule has 6 aliphatic rings. The highest BCUT2D eigenvalue weighted by molar-refractivity contribution is 5.73. The van der Waals surface area contributed by atoms with E-state index in [0.29, 0.717) is 0 Å². The van der Waals surface area contributed by atoms with Crippen LogP contribution in [-0.2, 0) is 61.7 Å². The molecule has 0 spiro atoms. The van der Waals surface area contributed by atoms with Gasteiger partial charge in [0.05, 0.1) is 38.6 Å². The van der Waals surface area contributed by atoms with E-state index in [-0.39, 0.29) is 0 Å². The van der Waals surface area contributed by atoms with Gasteiger partial charge >= 0.3 is 0 Å². The van der Waals surface area contributed by atoms with E-state index < -0.39 is 222 Å². The Morgan fingerprint density at radius 2 is 0.761 bits per heavy atom. The van der Waals surface area contributed by atoms with Crippen LogP contribution in [0.25, 0.3) is 0 Å². The molecule has 6 heterocycles. The summed E-state index contributed by atoms with van der Waals surface area (Å²) in [7, 11) is 0. The molecular weight excluding hydrogens is 972 g/mol. The van der Waals surface area contributed by atoms with Crippen molar-refractivity contribution < 1.29 is 143 Å². The minimum absolute atomic E-state index is 0.794. The number of hydrogen-bond donors (Lipinski definition) is 18. The van der Waals surface area contributed by atoms with Gasteiger partial charge in [0, 0.05) is 13.8 Å². The number of amides is 2. The summed E-state index contributed by atoms with van der Waals surface area (Å²) in [6.07, 6.45) is -49.9. The van der Waals surface area contributed by atoms with E-state index in [2.05, 4.69) is 10.6 Å². The number of carbonyl (C=O) groups excluding carboxylic acids is 2. The molecule has 6 fully saturated rings. The third-order valence-electron chi connectivity index (χ3n) is 13.2. The van der Waals surface area contributed by atoms with Gasteiger partial charge in [-0.15, -0.1) is 0 Å². The maximum atomic E-state index is 12.6. The van der Waals surface area contributed by atoms with Gasteiger partial charge in [-0.1, -0.05) is 0 Å². The largest absolute Gasteiger partial charge is 0.394 e. The quantitative estimate of drug-likeness (QED) is 0.0682. The van der Waals surface area contributed by atoms with Crippen molar-refractivity contribution in [2.24, 2.45) is 0 Å². The summed E-state index contributed by atoms with van der Waals surface area (Å²) in [5.74, 6) is -1.60. The summed E-state index contributed by atoms with van der Waals surface area (Å²) in [4.78, 5) is 25.1. The third-order valence-corrected chi connectivity index (χ3v) is 13.2. The van der Waals surface area contributed by atoms with E-state index in [1.54, 1.807) is 0 Å². The van der Waals surface area contributed by atoms with E-state index in [1.807, 2.05) is 0 Å². The van der Waals surface area contributed by atoms with Crippen molar-refractivity contribution >= 4 is 11.8 Å². The molecule has 0 unspecified atom stereocenters. The monoisotopic (exact) mass is 1040 g/mol. The number of aliphatic hydroxyl groups excluding tert-OH is 16. The van der Waals surface area contributed by atoms with Gasteiger partial charge in [0.1, 0.15) is 134 Å². The van der Waals surface area contributed by atoms with Crippen LogP contribution in [0.1, 0.15) is 27.7 Å². The highest BCUT2D eigenvalue weighted by atomic mass is 16.8. The van der Waals surface area contributed by atoms with Crippen LogP contribution in [0.2, 0.25) is 0 Å². The van der Waals surface area contributed by atoms with Gasteiger partial charge < -0.3 is 144 Å². The molecule has 0 aromatic carbocycles. The van der Waals surface area contributed by atoms with Gasteiger partial charge in [-0.05, 0) is 13.8 Å². The maximum absolute atomic E-state index is 12.6. The van der Waals surface area contributed by atoms with Crippen molar-refractivity contribution in [3.05, 3.63) is 0 Å². The molecule has 0 aromatic heterocycles. The summed E-state index contributed by atoms with van der Waals surface area (Å²) in [5, 5.41) is 176. The highest BCUT2D eigenvalue weighted by Crippen LogP contribution is 2.37. The van der Waals surface area contributed by atoms with Gasteiger partial charge in [-0.3, -0.25) is 9.59 Å². The Bertz CT molecular complexity index is 1710. The van der Waals surface area contributed by atoms with Crippen LogP contribution in [0.3, 0.4) is 0 Å². The Morgan fingerprint density at radius 1 is 0.366 bits per heavy atom. The Kier molecular flexibility index (Phi) is 20.2. The molecule has 2 amide bonds. The van der Waals surface area contributed by atoms with Crippen LogP contribution >= 0.6 is 0 Å². The summed E-state index contributed by atoms with van der Waals surface area (Å²) < 4.78 is 63.9. The summed E-state index contributed by atoms with van der Waals surface area (Å²) in [6.45, 7) is 1.04. The zero-order valence-electron chi connectivity index (χ0n) is 38.6. The second kappa shape index (κ2) is 24.7. The van der Waals surface area contributed by atoms with Crippen LogP contribution in [0.4, 0.5) is 0 Å². The van der Waals surface area contributed by atoms with Crippen molar-refractivity contribution in [3.8, 4) is 0 Å². The fourth-order valence-electron chi connectivity index (χ4n) is 9.22. The second-order valence-electron chi connectivity index (χ2n) is 18.2. The molecular formula is C40H68N2O29. The van der Waals surface area contributed by atoms with Crippen molar-refractivity contribution in [1.29, 1.82) is 0 Å². The fraction of sp³-hybridized carbons (Fsp3) is 0.950. The lowest BCUT2D eigenvalue weighted by atomic mass is 9.93. The molecule has 6 aliphatic heterocycles. The molecule has 18 N–H and O–H groups in total. The molecule has 0 radical (unpaired) electrons. The van der Waals surface area contributed by atoms with E-state index >= 15 is 0 Å². The minimum atomic E-state index is -2.16. The Balaban J connectivity index is 1.24. The van der Waals surface area contributed by atoms with Gasteiger partial charge in [0.15, 0.2) is 37.7 Å². The number of hydrogen-bond acceptors (Lipinski definition) is 29. The fourth-order valence-corrected chi connectivity index (χ4v) is 9.22. The lowest BCUT2D eigenvalue weighted by Crippen LogP contribution is -2.71. The molecule has 31 nitrogen and oxygen atoms in total. The molecule has 0 bridgehead atoms. The summed E-state index contributed by atoms with van der Waals surface area (Å²) in [6, 6.07) is -3.39. The van der Waals surface area contributed by atoms with Crippen LogP contribution in [-0.4, -0.2) is 304 Å². The van der Waals surface area contributed by atoms with Crippen molar-refractivity contribution in [2.75, 3.05) is 26.4 Å². The van der Waals surface area contributed by atoms with Gasteiger partial charge in [0.2, 0.25) is 11.8 Å². The van der Waals surface area contributed by atoms with Gasteiger partial charge in [-0.2, -0.15) is 0 Å². The molecule has 30 atom stereocenters. The second-order valence-corrected chi connectivity index (χ2v) is 18.2. The molecule has 6 saturated heterocycles. The number of aliphatic hydroxyl groups is 16. The predicted molar refractivity (Wildman–Crippen MR) is 220 cm³/mol.